The molecule has 6 atom stereocenters. The number of aliphatic hydroxyl groups excluding tert-OH is 5. The second kappa shape index (κ2) is 40.1. The van der Waals surface area contributed by atoms with Gasteiger partial charge in [0.2, 0.25) is 0 Å². The van der Waals surface area contributed by atoms with E-state index in [-0.39, 0.29) is 25.7 Å². The van der Waals surface area contributed by atoms with E-state index in [4.69, 9.17) is 19.1 Å². The molecule has 1 unspecified atom stereocenters. The first-order valence-corrected chi connectivity index (χ1v) is 23.4. The molecule has 0 aromatic carbocycles. The molecule has 60 heavy (non-hydrogen) atoms. The van der Waals surface area contributed by atoms with Crippen LogP contribution >= 0.6 is 7.82 Å². The molecule has 14 heteroatoms. The molecular formula is C46H77O13P. The second-order valence-electron chi connectivity index (χ2n) is 14.6. The summed E-state index contributed by atoms with van der Waals surface area (Å²) in [5.41, 5.74) is 0. The Kier molecular flexibility index (Phi) is 38.1. The van der Waals surface area contributed by atoms with Gasteiger partial charge in [0.15, 0.2) is 6.10 Å². The number of unbranched alkanes of at least 4 members (excludes halogenated alkanes) is 10. The molecule has 0 radical (unpaired) electrons. The first-order valence-electron chi connectivity index (χ1n) is 21.9. The van der Waals surface area contributed by atoms with Gasteiger partial charge in [0.25, 0.3) is 0 Å². The molecule has 344 valence electrons. The van der Waals surface area contributed by atoms with Crippen molar-refractivity contribution in [2.45, 2.75) is 166 Å². The van der Waals surface area contributed by atoms with Crippen LogP contribution in [0.2, 0.25) is 0 Å². The molecule has 0 fully saturated rings. The fourth-order valence-corrected chi connectivity index (χ4v) is 6.15. The number of allylic oxidation sites excluding steroid dienone is 11. The van der Waals surface area contributed by atoms with Crippen molar-refractivity contribution < 1.29 is 63.1 Å². The Balaban J connectivity index is 4.65. The van der Waals surface area contributed by atoms with Crippen LogP contribution in [-0.2, 0) is 32.7 Å². The standard InChI is InChI=1S/C46H77O13P/c1-3-5-7-8-9-10-11-12-13-14-15-16-17-18-19-24-28-34-45(52)56-38-42(39-58-60(54,55)57-37-41(49)36-47)59-46(53)35-29-33-44(51)43(50)32-27-23-21-20-22-26-31-40(48)30-25-6-4-2/h6,9-10,12-13,20-23,25-27,31-32,40-44,47-51H,3-5,7-8,11,14-19,24,28-30,33-39H2,1-2H3,(H,54,55)/b10-9-,13-12-,22-20+,23-21-,25-6-,31-26+,32-27-/t40-,41-,42+,43+,44+/m0/s1. The van der Waals surface area contributed by atoms with Crippen molar-refractivity contribution in [3.05, 3.63) is 85.1 Å². The summed E-state index contributed by atoms with van der Waals surface area (Å²) < 4.78 is 32.5. The number of phosphoric ester groups is 1. The van der Waals surface area contributed by atoms with Crippen LogP contribution in [0.1, 0.15) is 136 Å². The van der Waals surface area contributed by atoms with E-state index in [1.165, 1.54) is 25.3 Å². The Labute approximate surface area is 359 Å². The van der Waals surface area contributed by atoms with Gasteiger partial charge in [-0.2, -0.15) is 0 Å². The predicted molar refractivity (Wildman–Crippen MR) is 237 cm³/mol. The van der Waals surface area contributed by atoms with Crippen LogP contribution in [0.3, 0.4) is 0 Å². The molecule has 0 spiro atoms. The number of hydrogen-bond donors (Lipinski definition) is 6. The highest BCUT2D eigenvalue weighted by atomic mass is 31.2. The third-order valence-electron chi connectivity index (χ3n) is 8.88. The summed E-state index contributed by atoms with van der Waals surface area (Å²) in [7, 11) is -4.72. The molecule has 0 amide bonds. The number of rotatable bonds is 39. The second-order valence-corrected chi connectivity index (χ2v) is 16.0. The molecule has 6 N–H and O–H groups in total. The zero-order valence-electron chi connectivity index (χ0n) is 36.2. The lowest BCUT2D eigenvalue weighted by atomic mass is 10.1. The van der Waals surface area contributed by atoms with Crippen molar-refractivity contribution in [1.82, 2.24) is 0 Å². The van der Waals surface area contributed by atoms with Crippen molar-refractivity contribution in [2.75, 3.05) is 26.4 Å². The Morgan fingerprint density at radius 3 is 1.87 bits per heavy atom. The summed E-state index contributed by atoms with van der Waals surface area (Å²) in [6.07, 6.45) is 36.3. The number of aliphatic hydroxyl groups is 5. The smallest absolute Gasteiger partial charge is 0.462 e. The number of hydrogen-bond acceptors (Lipinski definition) is 12. The molecule has 13 nitrogen and oxygen atoms in total. The third kappa shape index (κ3) is 38.0. The van der Waals surface area contributed by atoms with E-state index in [9.17, 15) is 39.5 Å². The van der Waals surface area contributed by atoms with Gasteiger partial charge in [0.1, 0.15) is 12.7 Å². The summed E-state index contributed by atoms with van der Waals surface area (Å²) in [6.45, 7) is 1.74. The number of phosphoric acid groups is 1. The van der Waals surface area contributed by atoms with Gasteiger partial charge in [-0.15, -0.1) is 0 Å². The molecular weight excluding hydrogens is 791 g/mol. The van der Waals surface area contributed by atoms with Gasteiger partial charge < -0.3 is 39.9 Å². The largest absolute Gasteiger partial charge is 0.472 e. The summed E-state index contributed by atoms with van der Waals surface area (Å²) >= 11 is 0. The van der Waals surface area contributed by atoms with Gasteiger partial charge in [-0.05, 0) is 64.2 Å². The minimum Gasteiger partial charge on any atom is -0.462 e. The monoisotopic (exact) mass is 869 g/mol. The van der Waals surface area contributed by atoms with E-state index in [0.29, 0.717) is 12.8 Å². The Morgan fingerprint density at radius 1 is 0.633 bits per heavy atom. The van der Waals surface area contributed by atoms with E-state index in [1.807, 2.05) is 19.1 Å². The molecule has 0 aromatic rings. The molecule has 0 aliphatic rings. The molecule has 0 aliphatic carbocycles. The highest BCUT2D eigenvalue weighted by molar-refractivity contribution is 7.47. The number of esters is 2. The molecule has 0 aliphatic heterocycles. The maximum atomic E-state index is 12.6. The lowest BCUT2D eigenvalue weighted by Gasteiger charge is -2.20. The lowest BCUT2D eigenvalue weighted by Crippen LogP contribution is -2.30. The lowest BCUT2D eigenvalue weighted by molar-refractivity contribution is -0.161. The fraction of sp³-hybridized carbons (Fsp3) is 0.652. The van der Waals surface area contributed by atoms with Crippen molar-refractivity contribution >= 4 is 19.8 Å². The van der Waals surface area contributed by atoms with Gasteiger partial charge in [-0.3, -0.25) is 18.6 Å². The van der Waals surface area contributed by atoms with Gasteiger partial charge in [-0.25, -0.2) is 4.57 Å². The molecule has 0 saturated carbocycles. The summed E-state index contributed by atoms with van der Waals surface area (Å²) in [6, 6.07) is 0. The van der Waals surface area contributed by atoms with Crippen LogP contribution in [0.5, 0.6) is 0 Å². The van der Waals surface area contributed by atoms with Crippen molar-refractivity contribution in [3.63, 3.8) is 0 Å². The number of ether oxygens (including phenoxy) is 2. The minimum absolute atomic E-state index is 0.0581. The average Bonchev–Trinajstić information content (AvgIpc) is 3.22. The van der Waals surface area contributed by atoms with Crippen LogP contribution < -0.4 is 0 Å². The van der Waals surface area contributed by atoms with Crippen LogP contribution in [0.15, 0.2) is 85.1 Å². The zero-order valence-corrected chi connectivity index (χ0v) is 37.1. The molecule has 0 heterocycles. The van der Waals surface area contributed by atoms with Gasteiger partial charge in [0, 0.05) is 12.8 Å². The first kappa shape index (κ1) is 57.0. The highest BCUT2D eigenvalue weighted by Gasteiger charge is 2.27. The van der Waals surface area contributed by atoms with E-state index < -0.39 is 76.7 Å². The van der Waals surface area contributed by atoms with Crippen molar-refractivity contribution in [3.8, 4) is 0 Å². The number of carbonyl (C=O) groups is 2. The van der Waals surface area contributed by atoms with Crippen LogP contribution in [0.4, 0.5) is 0 Å². The minimum atomic E-state index is -4.72. The van der Waals surface area contributed by atoms with Gasteiger partial charge in [-0.1, -0.05) is 144 Å². The van der Waals surface area contributed by atoms with E-state index in [1.54, 1.807) is 42.5 Å². The highest BCUT2D eigenvalue weighted by Crippen LogP contribution is 2.43. The van der Waals surface area contributed by atoms with Crippen LogP contribution in [0, 0.1) is 0 Å². The Bertz CT molecular complexity index is 1320. The molecule has 0 rings (SSSR count). The SMILES string of the molecule is CC/C=C\C[C@H](O)/C=C/C=C/C=C\C=C/[C@@H](O)[C@H](O)CCCC(=O)O[C@H](COC(=O)CCCCCCCCC/C=C\C/C=C\CCCCC)COP(=O)(O)OC[C@@H](O)CO. The average molecular weight is 869 g/mol. The van der Waals surface area contributed by atoms with Crippen molar-refractivity contribution in [1.29, 1.82) is 0 Å². The van der Waals surface area contributed by atoms with Crippen LogP contribution in [-0.4, -0.2) is 99.3 Å². The van der Waals surface area contributed by atoms with Gasteiger partial charge in [0.05, 0.1) is 38.1 Å². The van der Waals surface area contributed by atoms with E-state index >= 15 is 0 Å². The topological polar surface area (TPSA) is 210 Å². The summed E-state index contributed by atoms with van der Waals surface area (Å²) in [4.78, 5) is 35.1. The molecule has 0 bridgehead atoms. The number of carbonyl (C=O) groups excluding carboxylic acids is 2. The van der Waals surface area contributed by atoms with Crippen LogP contribution in [0.25, 0.3) is 0 Å². The maximum absolute atomic E-state index is 12.6. The predicted octanol–water partition coefficient (Wildman–Crippen LogP) is 8.36. The third-order valence-corrected chi connectivity index (χ3v) is 9.83. The van der Waals surface area contributed by atoms with Crippen molar-refractivity contribution in [2.24, 2.45) is 0 Å². The summed E-state index contributed by atoms with van der Waals surface area (Å²) in [5, 5.41) is 48.8. The fourth-order valence-electron chi connectivity index (χ4n) is 5.36. The molecule has 0 aromatic heterocycles. The Hall–Kier alpha value is -2.97. The summed E-state index contributed by atoms with van der Waals surface area (Å²) in [5.74, 6) is -1.27. The first-order chi connectivity index (χ1) is 28.9. The molecule has 0 saturated heterocycles. The Morgan fingerprint density at radius 2 is 1.22 bits per heavy atom. The van der Waals surface area contributed by atoms with E-state index in [0.717, 1.165) is 64.2 Å². The van der Waals surface area contributed by atoms with Gasteiger partial charge >= 0.3 is 19.8 Å². The quantitative estimate of drug-likeness (QED) is 0.0113. The van der Waals surface area contributed by atoms with E-state index in [2.05, 4.69) is 35.8 Å². The normalized spacial score (nSPS) is 16.2. The zero-order chi connectivity index (χ0) is 44.5. The maximum Gasteiger partial charge on any atom is 0.472 e.